The number of hydrogen-bond acceptors (Lipinski definition) is 1. The summed E-state index contributed by atoms with van der Waals surface area (Å²) in [6, 6.07) is 8.41. The minimum absolute atomic E-state index is 0.287. The highest BCUT2D eigenvalue weighted by atomic mass is 32.2. The summed E-state index contributed by atoms with van der Waals surface area (Å²) in [5.74, 6) is 0.782. The molecule has 1 aromatic carbocycles. The lowest BCUT2D eigenvalue weighted by Crippen LogP contribution is -2.19. The molecule has 1 saturated carbocycles. The molecule has 0 N–H and O–H groups in total. The molecule has 1 fully saturated rings. The zero-order valence-corrected chi connectivity index (χ0v) is 11.5. The van der Waals surface area contributed by atoms with Crippen LogP contribution >= 0.6 is 0 Å². The Balaban J connectivity index is 2.03. The highest BCUT2D eigenvalue weighted by molar-refractivity contribution is 7.85. The van der Waals surface area contributed by atoms with Gasteiger partial charge in [0, 0.05) is 6.21 Å². The second-order valence-corrected chi connectivity index (χ2v) is 7.47. The van der Waals surface area contributed by atoms with E-state index >= 15 is 0 Å². The van der Waals surface area contributed by atoms with Gasteiger partial charge in [0.2, 0.25) is 0 Å². The Morgan fingerprint density at radius 1 is 1.24 bits per heavy atom. The molecule has 0 aromatic heterocycles. The third-order valence-electron chi connectivity index (χ3n) is 2.81. The summed E-state index contributed by atoms with van der Waals surface area (Å²) in [6.07, 6.45) is 4.35. The van der Waals surface area contributed by atoms with Crippen molar-refractivity contribution >= 4 is 17.2 Å². The van der Waals surface area contributed by atoms with Crippen LogP contribution in [0, 0.1) is 0 Å². The van der Waals surface area contributed by atoms with E-state index in [4.69, 9.17) is 0 Å². The minimum Gasteiger partial charge on any atom is -0.234 e. The van der Waals surface area contributed by atoms with E-state index in [0.29, 0.717) is 0 Å². The van der Waals surface area contributed by atoms with Crippen molar-refractivity contribution in [3.05, 3.63) is 35.4 Å². The van der Waals surface area contributed by atoms with Gasteiger partial charge in [-0.05, 0) is 50.7 Å². The van der Waals surface area contributed by atoms with Gasteiger partial charge in [-0.3, -0.25) is 0 Å². The molecule has 0 heterocycles. The van der Waals surface area contributed by atoms with Crippen LogP contribution in [0.3, 0.4) is 0 Å². The van der Waals surface area contributed by atoms with E-state index in [2.05, 4.69) is 28.7 Å². The van der Waals surface area contributed by atoms with Crippen molar-refractivity contribution in [3.63, 3.8) is 0 Å². The number of nitrogens with zero attached hydrogens (tertiary/aromatic N) is 1. The molecule has 0 radical (unpaired) electrons. The van der Waals surface area contributed by atoms with E-state index in [-0.39, 0.29) is 4.75 Å². The average Bonchev–Trinajstić information content (AvgIpc) is 3.09. The fourth-order valence-corrected chi connectivity index (χ4v) is 2.07. The zero-order valence-electron chi connectivity index (χ0n) is 10.6. The lowest BCUT2D eigenvalue weighted by atomic mass is 10.1. The molecule has 17 heavy (non-hydrogen) atoms. The Morgan fingerprint density at radius 2 is 1.82 bits per heavy atom. The Bertz CT molecular complexity index is 438. The van der Waals surface area contributed by atoms with Gasteiger partial charge in [0.15, 0.2) is 0 Å². The molecule has 0 bridgehead atoms. The third kappa shape index (κ3) is 3.50. The summed E-state index contributed by atoms with van der Waals surface area (Å²) in [6.45, 7) is 5.78. The second kappa shape index (κ2) is 4.73. The first-order valence-electron chi connectivity index (χ1n) is 6.03. The van der Waals surface area contributed by atoms with E-state index in [0.717, 1.165) is 11.5 Å². The van der Waals surface area contributed by atoms with Gasteiger partial charge in [0.05, 0.1) is 4.75 Å². The molecular weight excluding hydrogens is 230 g/mol. The van der Waals surface area contributed by atoms with E-state index in [1.165, 1.54) is 18.4 Å². The van der Waals surface area contributed by atoms with Crippen molar-refractivity contribution in [2.24, 2.45) is 4.40 Å². The first-order valence-corrected chi connectivity index (χ1v) is 7.13. The van der Waals surface area contributed by atoms with Crippen molar-refractivity contribution in [1.82, 2.24) is 0 Å². The van der Waals surface area contributed by atoms with Crippen LogP contribution in [0.4, 0.5) is 0 Å². The first kappa shape index (κ1) is 12.5. The van der Waals surface area contributed by atoms with Crippen molar-refractivity contribution in [3.8, 4) is 0 Å². The first-order chi connectivity index (χ1) is 7.97. The quantitative estimate of drug-likeness (QED) is 0.754. The van der Waals surface area contributed by atoms with Crippen molar-refractivity contribution in [1.29, 1.82) is 0 Å². The zero-order chi connectivity index (χ0) is 12.5. The summed E-state index contributed by atoms with van der Waals surface area (Å²) in [5.41, 5.74) is 2.44. The average molecular weight is 249 g/mol. The van der Waals surface area contributed by atoms with Gasteiger partial charge in [-0.25, -0.2) is 4.21 Å². The Hall–Kier alpha value is -0.960. The summed E-state index contributed by atoms with van der Waals surface area (Å²) in [4.78, 5) is 0. The van der Waals surface area contributed by atoms with Crippen LogP contribution in [0.25, 0.3) is 0 Å². The molecule has 3 heteroatoms. The highest BCUT2D eigenvalue weighted by Crippen LogP contribution is 2.39. The van der Waals surface area contributed by atoms with Crippen LogP contribution in [0.2, 0.25) is 0 Å². The third-order valence-corrected chi connectivity index (χ3v) is 4.15. The molecule has 1 aromatic rings. The summed E-state index contributed by atoms with van der Waals surface area (Å²) in [7, 11) is -1.17. The van der Waals surface area contributed by atoms with Gasteiger partial charge in [-0.15, -0.1) is 0 Å². The van der Waals surface area contributed by atoms with Gasteiger partial charge in [0.25, 0.3) is 0 Å². The van der Waals surface area contributed by atoms with Crippen LogP contribution in [0.5, 0.6) is 0 Å². The highest BCUT2D eigenvalue weighted by Gasteiger charge is 2.22. The second-order valence-electron chi connectivity index (χ2n) is 5.54. The molecule has 0 amide bonds. The molecule has 1 atom stereocenters. The molecule has 1 aliphatic carbocycles. The Kier molecular flexibility index (Phi) is 3.48. The number of rotatable bonds is 3. The monoisotopic (exact) mass is 249 g/mol. The molecule has 0 unspecified atom stereocenters. The number of benzene rings is 1. The summed E-state index contributed by atoms with van der Waals surface area (Å²) < 4.78 is 15.6. The molecule has 0 aliphatic heterocycles. The molecule has 2 nitrogen and oxygen atoms in total. The normalized spacial score (nSPS) is 18.5. The van der Waals surface area contributed by atoms with Crippen molar-refractivity contribution in [2.45, 2.75) is 44.3 Å². The fourth-order valence-electron chi connectivity index (χ4n) is 1.54. The number of hydrogen-bond donors (Lipinski definition) is 0. The predicted octanol–water partition coefficient (Wildman–Crippen LogP) is 3.45. The minimum atomic E-state index is -1.17. The maximum Gasteiger partial charge on any atom is 0.144 e. The van der Waals surface area contributed by atoms with Crippen LogP contribution in [-0.4, -0.2) is 15.2 Å². The van der Waals surface area contributed by atoms with Gasteiger partial charge in [-0.2, -0.15) is 4.40 Å². The van der Waals surface area contributed by atoms with Crippen LogP contribution in [0.1, 0.15) is 50.7 Å². The van der Waals surface area contributed by atoms with Crippen molar-refractivity contribution < 1.29 is 4.21 Å². The van der Waals surface area contributed by atoms with E-state index in [1.54, 1.807) is 6.21 Å². The molecule has 0 saturated heterocycles. The van der Waals surface area contributed by atoms with Crippen molar-refractivity contribution in [2.75, 3.05) is 0 Å². The van der Waals surface area contributed by atoms with Gasteiger partial charge in [-0.1, -0.05) is 24.3 Å². The fraction of sp³-hybridized carbons (Fsp3) is 0.500. The van der Waals surface area contributed by atoms with E-state index in [1.807, 2.05) is 20.8 Å². The van der Waals surface area contributed by atoms with Gasteiger partial charge >= 0.3 is 0 Å². The molecular formula is C14H19NOS. The molecule has 0 spiro atoms. The molecule has 2 rings (SSSR count). The molecule has 92 valence electrons. The largest absolute Gasteiger partial charge is 0.234 e. The maximum atomic E-state index is 11.7. The smallest absolute Gasteiger partial charge is 0.144 e. The summed E-state index contributed by atoms with van der Waals surface area (Å²) in [5, 5.41) is 0. The standard InChI is InChI=1S/C14H19NOS/c1-14(2,3)17(16)15-10-11-4-6-12(7-5-11)13-8-9-13/h4-7,10,13H,8-9H2,1-3H3/b15-10+/t17-/m1/s1. The topological polar surface area (TPSA) is 29.4 Å². The Morgan fingerprint density at radius 3 is 2.29 bits per heavy atom. The van der Waals surface area contributed by atoms with Crippen LogP contribution < -0.4 is 0 Å². The predicted molar refractivity (Wildman–Crippen MR) is 73.9 cm³/mol. The van der Waals surface area contributed by atoms with E-state index in [9.17, 15) is 4.21 Å². The SMILES string of the molecule is CC(C)(C)[S@@](=O)/N=C/c1ccc(C2CC2)cc1. The van der Waals surface area contributed by atoms with Crippen LogP contribution in [-0.2, 0) is 11.0 Å². The van der Waals surface area contributed by atoms with E-state index < -0.39 is 11.0 Å². The van der Waals surface area contributed by atoms with Gasteiger partial charge < -0.3 is 0 Å². The maximum absolute atomic E-state index is 11.7. The van der Waals surface area contributed by atoms with Gasteiger partial charge in [0.1, 0.15) is 11.0 Å². The summed E-state index contributed by atoms with van der Waals surface area (Å²) >= 11 is 0. The lowest BCUT2D eigenvalue weighted by Gasteiger charge is -2.12. The lowest BCUT2D eigenvalue weighted by molar-refractivity contribution is 0.651. The Labute approximate surface area is 106 Å². The van der Waals surface area contributed by atoms with Crippen LogP contribution in [0.15, 0.2) is 28.7 Å². The molecule has 1 aliphatic rings.